The van der Waals surface area contributed by atoms with Crippen molar-refractivity contribution >= 4 is 11.3 Å². The average molecular weight is 293 g/mol. The number of hydrogen-bond donors (Lipinski definition) is 1. The molecule has 0 radical (unpaired) electrons. The van der Waals surface area contributed by atoms with Gasteiger partial charge in [-0.05, 0) is 67.0 Å². The molecule has 2 aliphatic rings. The van der Waals surface area contributed by atoms with Gasteiger partial charge >= 0.3 is 0 Å². The number of thiophene rings is 1. The normalized spacial score (nSPS) is 27.0. The summed E-state index contributed by atoms with van der Waals surface area (Å²) in [6.07, 6.45) is 7.73. The minimum absolute atomic E-state index is 0.223. The Morgan fingerprint density at radius 1 is 1.40 bits per heavy atom. The van der Waals surface area contributed by atoms with Gasteiger partial charge in [0, 0.05) is 12.6 Å². The number of rotatable bonds is 4. The van der Waals surface area contributed by atoms with Gasteiger partial charge < -0.3 is 10.1 Å². The number of hydrogen-bond acceptors (Lipinski definition) is 3. The van der Waals surface area contributed by atoms with Crippen LogP contribution in [0, 0.1) is 12.8 Å². The molecule has 3 rings (SSSR count). The van der Waals surface area contributed by atoms with Gasteiger partial charge in [0.2, 0.25) is 0 Å². The third-order valence-electron chi connectivity index (χ3n) is 5.17. The molecule has 2 heterocycles. The van der Waals surface area contributed by atoms with Crippen molar-refractivity contribution in [3.63, 3.8) is 0 Å². The van der Waals surface area contributed by atoms with Crippen molar-refractivity contribution in [1.82, 2.24) is 5.32 Å². The third kappa shape index (κ3) is 2.81. The Balaban J connectivity index is 1.79. The molecule has 1 N–H and O–H groups in total. The van der Waals surface area contributed by atoms with Gasteiger partial charge in [0.1, 0.15) is 0 Å². The van der Waals surface area contributed by atoms with Crippen molar-refractivity contribution in [3.8, 4) is 0 Å². The summed E-state index contributed by atoms with van der Waals surface area (Å²) in [6.45, 7) is 6.47. The van der Waals surface area contributed by atoms with Crippen molar-refractivity contribution in [2.45, 2.75) is 64.0 Å². The summed E-state index contributed by atoms with van der Waals surface area (Å²) in [5.74, 6) is 0.732. The molecule has 1 spiro atoms. The van der Waals surface area contributed by atoms with Crippen LogP contribution in [0.25, 0.3) is 0 Å². The van der Waals surface area contributed by atoms with Crippen LogP contribution in [0.5, 0.6) is 0 Å². The summed E-state index contributed by atoms with van der Waals surface area (Å²) in [6, 6.07) is 0.521. The second kappa shape index (κ2) is 6.17. The van der Waals surface area contributed by atoms with Crippen LogP contribution in [0.15, 0.2) is 10.8 Å². The predicted octanol–water partition coefficient (Wildman–Crippen LogP) is 4.45. The van der Waals surface area contributed by atoms with E-state index in [-0.39, 0.29) is 5.60 Å². The largest absolute Gasteiger partial charge is 0.375 e. The van der Waals surface area contributed by atoms with Gasteiger partial charge in [0.05, 0.1) is 5.60 Å². The molecule has 1 aromatic rings. The Morgan fingerprint density at radius 3 is 2.85 bits per heavy atom. The highest BCUT2D eigenvalue weighted by atomic mass is 32.1. The van der Waals surface area contributed by atoms with Gasteiger partial charge in [0.15, 0.2) is 0 Å². The average Bonchev–Trinajstić information content (AvgIpc) is 3.06. The van der Waals surface area contributed by atoms with Crippen molar-refractivity contribution in [2.24, 2.45) is 5.92 Å². The van der Waals surface area contributed by atoms with Crippen LogP contribution in [0.3, 0.4) is 0 Å². The molecule has 1 saturated heterocycles. The Labute approximate surface area is 126 Å². The van der Waals surface area contributed by atoms with E-state index in [0.717, 1.165) is 19.1 Å². The van der Waals surface area contributed by atoms with Crippen LogP contribution in [0.2, 0.25) is 0 Å². The number of nitrogens with one attached hydrogen (secondary N) is 1. The summed E-state index contributed by atoms with van der Waals surface area (Å²) in [5.41, 5.74) is 3.20. The monoisotopic (exact) mass is 293 g/mol. The van der Waals surface area contributed by atoms with E-state index in [4.69, 9.17) is 4.74 Å². The van der Waals surface area contributed by atoms with E-state index in [0.29, 0.717) is 6.04 Å². The van der Waals surface area contributed by atoms with Crippen molar-refractivity contribution < 1.29 is 4.74 Å². The molecule has 112 valence electrons. The lowest BCUT2D eigenvalue weighted by Crippen LogP contribution is -2.42. The summed E-state index contributed by atoms with van der Waals surface area (Å²) >= 11 is 1.84. The van der Waals surface area contributed by atoms with Crippen LogP contribution >= 0.6 is 11.3 Å². The van der Waals surface area contributed by atoms with Crippen LogP contribution in [-0.2, 0) is 4.74 Å². The minimum atomic E-state index is 0.223. The minimum Gasteiger partial charge on any atom is -0.375 e. The van der Waals surface area contributed by atoms with E-state index in [9.17, 15) is 0 Å². The molecular formula is C17H27NOS. The Morgan fingerprint density at radius 2 is 2.20 bits per heavy atom. The summed E-state index contributed by atoms with van der Waals surface area (Å²) < 4.78 is 6.21. The molecule has 1 aromatic heterocycles. The first-order valence-electron chi connectivity index (χ1n) is 8.14. The highest BCUT2D eigenvalue weighted by Gasteiger charge is 2.42. The molecule has 0 amide bonds. The molecule has 2 fully saturated rings. The third-order valence-corrected chi connectivity index (χ3v) is 6.05. The van der Waals surface area contributed by atoms with Crippen LogP contribution in [0.4, 0.5) is 0 Å². The van der Waals surface area contributed by atoms with Crippen LogP contribution < -0.4 is 5.32 Å². The molecular weight excluding hydrogens is 266 g/mol. The molecule has 1 aliphatic carbocycles. The van der Waals surface area contributed by atoms with E-state index >= 15 is 0 Å². The fraction of sp³-hybridized carbons (Fsp3) is 0.765. The maximum atomic E-state index is 6.21. The molecule has 0 bridgehead atoms. The zero-order valence-corrected chi connectivity index (χ0v) is 13.6. The Bertz CT molecular complexity index is 436. The summed E-state index contributed by atoms with van der Waals surface area (Å²) in [4.78, 5) is 0. The smallest absolute Gasteiger partial charge is 0.0686 e. The lowest BCUT2D eigenvalue weighted by atomic mass is 9.78. The summed E-state index contributed by atoms with van der Waals surface area (Å²) in [5, 5.41) is 8.38. The van der Waals surface area contributed by atoms with Gasteiger partial charge in [0.25, 0.3) is 0 Å². The number of aryl methyl sites for hydroxylation is 1. The van der Waals surface area contributed by atoms with Crippen molar-refractivity contribution in [2.75, 3.05) is 13.2 Å². The highest BCUT2D eigenvalue weighted by molar-refractivity contribution is 7.08. The van der Waals surface area contributed by atoms with Crippen molar-refractivity contribution in [1.29, 1.82) is 0 Å². The van der Waals surface area contributed by atoms with E-state index in [1.165, 1.54) is 49.7 Å². The van der Waals surface area contributed by atoms with Crippen LogP contribution in [0.1, 0.15) is 62.6 Å². The van der Waals surface area contributed by atoms with Gasteiger partial charge in [-0.3, -0.25) is 0 Å². The Kier molecular flexibility index (Phi) is 4.49. The molecule has 1 aliphatic heterocycles. The SMILES string of the molecule is CCNC(c1cscc1C)C1CCOC2(CCCC2)C1. The zero-order valence-electron chi connectivity index (χ0n) is 12.8. The van der Waals surface area contributed by atoms with E-state index in [1.54, 1.807) is 0 Å². The van der Waals surface area contributed by atoms with Gasteiger partial charge in [-0.1, -0.05) is 19.8 Å². The molecule has 2 atom stereocenters. The zero-order chi connectivity index (χ0) is 14.0. The lowest BCUT2D eigenvalue weighted by Gasteiger charge is -2.41. The summed E-state index contributed by atoms with van der Waals surface area (Å²) in [7, 11) is 0. The standard InChI is InChI=1S/C17H27NOS/c1-3-18-16(15-12-20-11-13(15)2)14-6-9-19-17(10-14)7-4-5-8-17/h11-12,14,16,18H,3-10H2,1-2H3. The quantitative estimate of drug-likeness (QED) is 0.885. The van der Waals surface area contributed by atoms with E-state index in [2.05, 4.69) is 29.9 Å². The number of ether oxygens (including phenoxy) is 1. The molecule has 3 heteroatoms. The highest BCUT2D eigenvalue weighted by Crippen LogP contribution is 2.45. The van der Waals surface area contributed by atoms with Crippen molar-refractivity contribution in [3.05, 3.63) is 21.9 Å². The second-order valence-corrected chi connectivity index (χ2v) is 7.28. The maximum absolute atomic E-state index is 6.21. The molecule has 2 unspecified atom stereocenters. The first-order valence-corrected chi connectivity index (χ1v) is 9.08. The topological polar surface area (TPSA) is 21.3 Å². The van der Waals surface area contributed by atoms with Gasteiger partial charge in [-0.15, -0.1) is 0 Å². The maximum Gasteiger partial charge on any atom is 0.0686 e. The predicted molar refractivity (Wildman–Crippen MR) is 85.3 cm³/mol. The first kappa shape index (κ1) is 14.6. The molecule has 2 nitrogen and oxygen atoms in total. The fourth-order valence-electron chi connectivity index (χ4n) is 4.16. The van der Waals surface area contributed by atoms with E-state index < -0.39 is 0 Å². The van der Waals surface area contributed by atoms with Gasteiger partial charge in [-0.2, -0.15) is 11.3 Å². The second-order valence-electron chi connectivity index (χ2n) is 6.54. The fourth-order valence-corrected chi connectivity index (χ4v) is 5.04. The molecule has 0 aromatic carbocycles. The van der Waals surface area contributed by atoms with Crippen LogP contribution in [-0.4, -0.2) is 18.8 Å². The first-order chi connectivity index (χ1) is 9.74. The van der Waals surface area contributed by atoms with E-state index in [1.807, 2.05) is 11.3 Å². The van der Waals surface area contributed by atoms with Gasteiger partial charge in [-0.25, -0.2) is 0 Å². The lowest BCUT2D eigenvalue weighted by molar-refractivity contribution is -0.0981. The Hall–Kier alpha value is -0.380. The molecule has 20 heavy (non-hydrogen) atoms. The molecule has 1 saturated carbocycles.